The van der Waals surface area contributed by atoms with E-state index in [1.54, 1.807) is 0 Å². The zero-order valence-electron chi connectivity index (χ0n) is 41.0. The number of aliphatic hydroxyl groups is 1. The van der Waals surface area contributed by atoms with Gasteiger partial charge in [-0.3, -0.25) is 9.59 Å². The first-order valence-electron chi connectivity index (χ1n) is 27.6. The second-order valence-corrected chi connectivity index (χ2v) is 19.0. The van der Waals surface area contributed by atoms with Crippen LogP contribution in [0.2, 0.25) is 0 Å². The summed E-state index contributed by atoms with van der Waals surface area (Å²) in [4.78, 5) is 24.5. The number of esters is 2. The largest absolute Gasteiger partial charge is 0.462 e. The van der Waals surface area contributed by atoms with E-state index in [0.29, 0.717) is 12.8 Å². The highest BCUT2D eigenvalue weighted by Crippen LogP contribution is 2.18. The fourth-order valence-corrected chi connectivity index (χ4v) is 8.74. The van der Waals surface area contributed by atoms with E-state index < -0.39 is 6.10 Å². The van der Waals surface area contributed by atoms with E-state index in [1.165, 1.54) is 263 Å². The lowest BCUT2D eigenvalue weighted by Gasteiger charge is -2.15. The third-order valence-corrected chi connectivity index (χ3v) is 12.9. The fourth-order valence-electron chi connectivity index (χ4n) is 8.74. The predicted octanol–water partition coefficient (Wildman–Crippen LogP) is 18.2. The molecule has 60 heavy (non-hydrogen) atoms. The third kappa shape index (κ3) is 49.6. The van der Waals surface area contributed by atoms with Crippen LogP contribution in [0.3, 0.4) is 0 Å². The highest BCUT2D eigenvalue weighted by Gasteiger charge is 2.16. The Morgan fingerprint density at radius 3 is 0.733 bits per heavy atom. The first-order chi connectivity index (χ1) is 29.6. The van der Waals surface area contributed by atoms with Gasteiger partial charge >= 0.3 is 11.9 Å². The maximum atomic E-state index is 12.3. The van der Waals surface area contributed by atoms with Crippen LogP contribution in [0.5, 0.6) is 0 Å². The fraction of sp³-hybridized carbons (Fsp3) is 0.964. The highest BCUT2D eigenvalue weighted by molar-refractivity contribution is 5.70. The van der Waals surface area contributed by atoms with Crippen LogP contribution in [0, 0.1) is 0 Å². The standard InChI is InChI=1S/C55H108O5/c1-3-5-7-9-11-13-15-17-19-21-23-25-26-27-28-30-32-34-36-38-40-42-44-46-48-50-55(58)60-53(51-56)52-59-54(57)49-47-45-43-41-39-37-35-33-31-29-24-22-20-18-16-14-12-10-8-6-4-2/h53,56H,3-52H2,1-2H3. The van der Waals surface area contributed by atoms with Crippen molar-refractivity contribution in [3.63, 3.8) is 0 Å². The molecule has 0 aliphatic carbocycles. The maximum Gasteiger partial charge on any atom is 0.306 e. The lowest BCUT2D eigenvalue weighted by Crippen LogP contribution is -2.28. The van der Waals surface area contributed by atoms with Crippen molar-refractivity contribution in [3.05, 3.63) is 0 Å². The van der Waals surface area contributed by atoms with Crippen LogP contribution in [0.4, 0.5) is 0 Å². The SMILES string of the molecule is CCCCCCCCCCCCCCCCCCCCCCCCCCCC(=O)OC(CO)COC(=O)CCCCCCCCCCCCCCCCCCCCCCC. The third-order valence-electron chi connectivity index (χ3n) is 12.9. The van der Waals surface area contributed by atoms with Crippen molar-refractivity contribution in [2.24, 2.45) is 0 Å². The Balaban J connectivity index is 3.40. The lowest BCUT2D eigenvalue weighted by molar-refractivity contribution is -0.161. The first kappa shape index (κ1) is 58.9. The molecule has 0 fully saturated rings. The molecule has 358 valence electrons. The number of aliphatic hydroxyl groups excluding tert-OH is 1. The van der Waals surface area contributed by atoms with Crippen molar-refractivity contribution < 1.29 is 24.2 Å². The molecule has 0 saturated carbocycles. The molecule has 5 heteroatoms. The lowest BCUT2D eigenvalue weighted by atomic mass is 10.0. The molecule has 0 aliphatic rings. The summed E-state index contributed by atoms with van der Waals surface area (Å²) in [6, 6.07) is 0. The summed E-state index contributed by atoms with van der Waals surface area (Å²) in [5, 5.41) is 9.64. The second kappa shape index (κ2) is 52.2. The zero-order valence-corrected chi connectivity index (χ0v) is 41.0. The molecule has 0 heterocycles. The van der Waals surface area contributed by atoms with Gasteiger partial charge in [0.1, 0.15) is 6.61 Å². The topological polar surface area (TPSA) is 72.8 Å². The van der Waals surface area contributed by atoms with E-state index in [0.717, 1.165) is 32.1 Å². The number of hydrogen-bond donors (Lipinski definition) is 1. The Hall–Kier alpha value is -1.10. The molecule has 0 aromatic heterocycles. The molecule has 0 saturated heterocycles. The maximum absolute atomic E-state index is 12.3. The van der Waals surface area contributed by atoms with Crippen molar-refractivity contribution >= 4 is 11.9 Å². The van der Waals surface area contributed by atoms with Crippen molar-refractivity contribution in [2.45, 2.75) is 328 Å². The minimum absolute atomic E-state index is 0.0558. The normalized spacial score (nSPS) is 12.0. The average molecular weight is 849 g/mol. The molecule has 0 amide bonds. The summed E-state index contributed by atoms with van der Waals surface area (Å²) in [5.74, 6) is -0.564. The van der Waals surface area contributed by atoms with Crippen LogP contribution in [-0.4, -0.2) is 36.4 Å². The van der Waals surface area contributed by atoms with Gasteiger partial charge < -0.3 is 14.6 Å². The Kier molecular flexibility index (Phi) is 51.3. The number of carbonyl (C=O) groups is 2. The zero-order chi connectivity index (χ0) is 43.5. The second-order valence-electron chi connectivity index (χ2n) is 19.0. The van der Waals surface area contributed by atoms with Crippen LogP contribution in [0.1, 0.15) is 322 Å². The number of unbranched alkanes of at least 4 members (excludes halogenated alkanes) is 44. The van der Waals surface area contributed by atoms with Gasteiger partial charge in [-0.25, -0.2) is 0 Å². The molecule has 0 aromatic rings. The summed E-state index contributed by atoms with van der Waals surface area (Å²) < 4.78 is 10.7. The Bertz CT molecular complexity index is 830. The average Bonchev–Trinajstić information content (AvgIpc) is 3.25. The summed E-state index contributed by atoms with van der Waals surface area (Å²) in [6.45, 7) is 4.21. The van der Waals surface area contributed by atoms with Crippen molar-refractivity contribution in [1.29, 1.82) is 0 Å². The molecule has 0 aromatic carbocycles. The Morgan fingerprint density at radius 1 is 0.317 bits per heavy atom. The van der Waals surface area contributed by atoms with Crippen LogP contribution < -0.4 is 0 Å². The van der Waals surface area contributed by atoms with Crippen molar-refractivity contribution in [1.82, 2.24) is 0 Å². The smallest absolute Gasteiger partial charge is 0.306 e. The Labute approximate surface area is 376 Å². The summed E-state index contributed by atoms with van der Waals surface area (Å²) in [6.07, 6.45) is 62.2. The summed E-state index contributed by atoms with van der Waals surface area (Å²) in [7, 11) is 0. The molecule has 0 rings (SSSR count). The van der Waals surface area contributed by atoms with E-state index in [4.69, 9.17) is 9.47 Å². The summed E-state index contributed by atoms with van der Waals surface area (Å²) in [5.41, 5.74) is 0. The molecule has 1 N–H and O–H groups in total. The first-order valence-corrected chi connectivity index (χ1v) is 27.6. The van der Waals surface area contributed by atoms with Crippen molar-refractivity contribution in [3.8, 4) is 0 Å². The molecule has 0 bridgehead atoms. The van der Waals surface area contributed by atoms with Crippen LogP contribution in [0.25, 0.3) is 0 Å². The molecule has 0 aliphatic heterocycles. The number of rotatable bonds is 52. The van der Waals surface area contributed by atoms with E-state index in [1.807, 2.05) is 0 Å². The monoisotopic (exact) mass is 849 g/mol. The Morgan fingerprint density at radius 2 is 0.517 bits per heavy atom. The van der Waals surface area contributed by atoms with Gasteiger partial charge in [-0.2, -0.15) is 0 Å². The van der Waals surface area contributed by atoms with Gasteiger partial charge in [-0.1, -0.05) is 296 Å². The van der Waals surface area contributed by atoms with Gasteiger partial charge in [0.15, 0.2) is 6.10 Å². The van der Waals surface area contributed by atoms with E-state index in [2.05, 4.69) is 13.8 Å². The number of ether oxygens (including phenoxy) is 2. The number of carbonyl (C=O) groups excluding carboxylic acids is 2. The molecule has 5 nitrogen and oxygen atoms in total. The number of hydrogen-bond acceptors (Lipinski definition) is 5. The van der Waals surface area contributed by atoms with Gasteiger partial charge in [0.25, 0.3) is 0 Å². The van der Waals surface area contributed by atoms with E-state index in [-0.39, 0.29) is 25.2 Å². The van der Waals surface area contributed by atoms with Gasteiger partial charge in [0.05, 0.1) is 6.61 Å². The van der Waals surface area contributed by atoms with E-state index in [9.17, 15) is 14.7 Å². The van der Waals surface area contributed by atoms with Crippen LogP contribution in [0.15, 0.2) is 0 Å². The van der Waals surface area contributed by atoms with Crippen molar-refractivity contribution in [2.75, 3.05) is 13.2 Å². The highest BCUT2D eigenvalue weighted by atomic mass is 16.6. The molecule has 1 atom stereocenters. The van der Waals surface area contributed by atoms with Gasteiger partial charge in [0.2, 0.25) is 0 Å². The van der Waals surface area contributed by atoms with Gasteiger partial charge in [-0.15, -0.1) is 0 Å². The molecule has 1 unspecified atom stereocenters. The predicted molar refractivity (Wildman–Crippen MR) is 261 cm³/mol. The molecule has 0 spiro atoms. The molecular formula is C55H108O5. The van der Waals surface area contributed by atoms with Gasteiger partial charge in [-0.05, 0) is 12.8 Å². The van der Waals surface area contributed by atoms with Gasteiger partial charge in [0, 0.05) is 12.8 Å². The minimum atomic E-state index is -0.764. The quantitative estimate of drug-likeness (QED) is 0.0488. The van der Waals surface area contributed by atoms with E-state index >= 15 is 0 Å². The summed E-state index contributed by atoms with van der Waals surface area (Å²) >= 11 is 0. The van der Waals surface area contributed by atoms with Crippen LogP contribution in [-0.2, 0) is 19.1 Å². The molecule has 0 radical (unpaired) electrons. The minimum Gasteiger partial charge on any atom is -0.462 e. The molecular weight excluding hydrogens is 741 g/mol. The van der Waals surface area contributed by atoms with Crippen LogP contribution >= 0.6 is 0 Å².